The summed E-state index contributed by atoms with van der Waals surface area (Å²) in [6.07, 6.45) is 2.15. The van der Waals surface area contributed by atoms with Crippen molar-refractivity contribution >= 4 is 0 Å². The van der Waals surface area contributed by atoms with E-state index in [4.69, 9.17) is 4.74 Å². The van der Waals surface area contributed by atoms with E-state index in [0.29, 0.717) is 0 Å². The van der Waals surface area contributed by atoms with E-state index in [-0.39, 0.29) is 11.6 Å². The van der Waals surface area contributed by atoms with Gasteiger partial charge in [0.25, 0.3) is 0 Å². The fraction of sp³-hybridized carbons (Fsp3) is 0.846. The molecule has 4 nitrogen and oxygen atoms in total. The number of rotatable bonds is 8. The molecule has 0 spiro atoms. The number of hydrogen-bond donors (Lipinski definition) is 2. The molecule has 0 aromatic heterocycles. The van der Waals surface area contributed by atoms with Crippen LogP contribution in [-0.2, 0) is 4.74 Å². The minimum absolute atomic E-state index is 0.0561. The van der Waals surface area contributed by atoms with Crippen LogP contribution in [0.4, 0.5) is 0 Å². The van der Waals surface area contributed by atoms with E-state index < -0.39 is 0 Å². The van der Waals surface area contributed by atoms with Gasteiger partial charge in [-0.15, -0.1) is 0 Å². The van der Waals surface area contributed by atoms with Crippen LogP contribution in [0.1, 0.15) is 27.7 Å². The molecule has 0 rings (SSSR count). The Hall–Kier alpha value is -0.740. The van der Waals surface area contributed by atoms with E-state index in [2.05, 4.69) is 49.6 Å². The minimum atomic E-state index is 0.0561. The highest BCUT2D eigenvalue weighted by Crippen LogP contribution is 2.27. The lowest BCUT2D eigenvalue weighted by atomic mass is 9.88. The summed E-state index contributed by atoms with van der Waals surface area (Å²) in [5, 5.41) is 6.50. The van der Waals surface area contributed by atoms with Crippen molar-refractivity contribution in [2.75, 3.05) is 34.3 Å². The molecule has 0 radical (unpaired) electrons. The average molecular weight is 243 g/mol. The number of nitrogens with one attached hydrogen (secondary N) is 2. The van der Waals surface area contributed by atoms with E-state index >= 15 is 0 Å². The van der Waals surface area contributed by atoms with Crippen molar-refractivity contribution in [3.8, 4) is 0 Å². The summed E-state index contributed by atoms with van der Waals surface area (Å²) >= 11 is 0. The van der Waals surface area contributed by atoms with Gasteiger partial charge < -0.3 is 15.0 Å². The zero-order chi connectivity index (χ0) is 13.5. The fourth-order valence-corrected chi connectivity index (χ4v) is 1.70. The van der Waals surface area contributed by atoms with Crippen molar-refractivity contribution in [1.29, 1.82) is 0 Å². The van der Waals surface area contributed by atoms with Crippen molar-refractivity contribution in [2.45, 2.75) is 33.9 Å². The molecular formula is C13H29N3O. The van der Waals surface area contributed by atoms with E-state index in [9.17, 15) is 0 Å². The predicted molar refractivity (Wildman–Crippen MR) is 73.7 cm³/mol. The summed E-state index contributed by atoms with van der Waals surface area (Å²) in [5.41, 5.74) is 1.35. The van der Waals surface area contributed by atoms with Crippen molar-refractivity contribution in [3.05, 3.63) is 11.9 Å². The van der Waals surface area contributed by atoms with E-state index in [1.165, 1.54) is 5.70 Å². The molecule has 0 aliphatic rings. The second kappa shape index (κ2) is 7.56. The van der Waals surface area contributed by atoms with Crippen molar-refractivity contribution in [3.63, 3.8) is 0 Å². The van der Waals surface area contributed by atoms with Gasteiger partial charge in [-0.1, -0.05) is 13.8 Å². The SMILES string of the molecule is CCN(C)/C(=C/NC)C(C)(C)CNC(C)OC. The van der Waals surface area contributed by atoms with Crippen molar-refractivity contribution < 1.29 is 4.74 Å². The quantitative estimate of drug-likeness (QED) is 0.635. The molecule has 0 fully saturated rings. The zero-order valence-corrected chi connectivity index (χ0v) is 12.4. The van der Waals surface area contributed by atoms with Gasteiger partial charge >= 0.3 is 0 Å². The molecule has 0 aromatic carbocycles. The maximum Gasteiger partial charge on any atom is 0.104 e. The molecule has 0 bridgehead atoms. The summed E-state index contributed by atoms with van der Waals surface area (Å²) < 4.78 is 5.21. The van der Waals surface area contributed by atoms with Gasteiger partial charge in [-0.3, -0.25) is 5.32 Å². The zero-order valence-electron chi connectivity index (χ0n) is 12.4. The Labute approximate surface area is 106 Å². The van der Waals surface area contributed by atoms with Crippen LogP contribution in [0.15, 0.2) is 11.9 Å². The maximum atomic E-state index is 5.21. The lowest BCUT2D eigenvalue weighted by molar-refractivity contribution is 0.0797. The molecule has 1 atom stereocenters. The topological polar surface area (TPSA) is 36.5 Å². The summed E-state index contributed by atoms with van der Waals surface area (Å²) in [5.74, 6) is 0. The molecular weight excluding hydrogens is 214 g/mol. The van der Waals surface area contributed by atoms with E-state index in [0.717, 1.165) is 13.1 Å². The van der Waals surface area contributed by atoms with Crippen LogP contribution in [0.3, 0.4) is 0 Å². The molecule has 0 amide bonds. The van der Waals surface area contributed by atoms with Crippen LogP contribution >= 0.6 is 0 Å². The number of nitrogens with zero attached hydrogens (tertiary/aromatic N) is 1. The predicted octanol–water partition coefficient (Wildman–Crippen LogP) is 1.61. The molecule has 0 aliphatic carbocycles. The van der Waals surface area contributed by atoms with Crippen LogP contribution in [0.5, 0.6) is 0 Å². The first-order valence-electron chi connectivity index (χ1n) is 6.24. The Kier molecular flexibility index (Phi) is 7.23. The lowest BCUT2D eigenvalue weighted by Crippen LogP contribution is -2.41. The molecule has 0 aromatic rings. The molecule has 4 heteroatoms. The Morgan fingerprint density at radius 3 is 2.47 bits per heavy atom. The number of ether oxygens (including phenoxy) is 1. The Bertz CT molecular complexity index is 239. The van der Waals surface area contributed by atoms with E-state index in [1.807, 2.05) is 14.0 Å². The van der Waals surface area contributed by atoms with Gasteiger partial charge in [0, 0.05) is 51.6 Å². The van der Waals surface area contributed by atoms with Gasteiger partial charge in [0.2, 0.25) is 0 Å². The standard InChI is InChI=1S/C13H29N3O/c1-8-16(6)12(9-14-5)13(3,4)10-15-11(2)17-7/h9,11,14-15H,8,10H2,1-7H3/b12-9+. The molecule has 102 valence electrons. The highest BCUT2D eigenvalue weighted by molar-refractivity contribution is 5.10. The third-order valence-electron chi connectivity index (χ3n) is 3.05. The molecule has 1 unspecified atom stereocenters. The maximum absolute atomic E-state index is 5.21. The van der Waals surface area contributed by atoms with Crippen LogP contribution in [-0.4, -0.2) is 45.4 Å². The van der Waals surface area contributed by atoms with Crippen LogP contribution in [0.2, 0.25) is 0 Å². The fourth-order valence-electron chi connectivity index (χ4n) is 1.70. The largest absolute Gasteiger partial charge is 0.393 e. The second-order valence-electron chi connectivity index (χ2n) is 4.98. The highest BCUT2D eigenvalue weighted by Gasteiger charge is 2.26. The normalized spacial score (nSPS) is 14.6. The monoisotopic (exact) mass is 243 g/mol. The first kappa shape index (κ1) is 16.3. The van der Waals surface area contributed by atoms with E-state index in [1.54, 1.807) is 7.11 Å². The van der Waals surface area contributed by atoms with Crippen molar-refractivity contribution in [1.82, 2.24) is 15.5 Å². The Morgan fingerprint density at radius 2 is 2.06 bits per heavy atom. The third kappa shape index (κ3) is 5.41. The number of hydrogen-bond acceptors (Lipinski definition) is 4. The van der Waals surface area contributed by atoms with Crippen LogP contribution < -0.4 is 10.6 Å². The first-order valence-corrected chi connectivity index (χ1v) is 6.24. The summed E-state index contributed by atoms with van der Waals surface area (Å²) in [6.45, 7) is 10.5. The van der Waals surface area contributed by atoms with Gasteiger partial charge in [0.15, 0.2) is 0 Å². The van der Waals surface area contributed by atoms with Crippen LogP contribution in [0, 0.1) is 5.41 Å². The first-order chi connectivity index (χ1) is 7.88. The molecule has 17 heavy (non-hydrogen) atoms. The van der Waals surface area contributed by atoms with Gasteiger partial charge in [-0.05, 0) is 13.8 Å². The smallest absolute Gasteiger partial charge is 0.104 e. The molecule has 2 N–H and O–H groups in total. The summed E-state index contributed by atoms with van der Waals surface area (Å²) in [6, 6.07) is 0. The summed E-state index contributed by atoms with van der Waals surface area (Å²) in [4.78, 5) is 2.26. The highest BCUT2D eigenvalue weighted by atomic mass is 16.5. The Balaban J connectivity index is 4.66. The van der Waals surface area contributed by atoms with Gasteiger partial charge in [0.05, 0.1) is 0 Å². The van der Waals surface area contributed by atoms with Crippen molar-refractivity contribution in [2.24, 2.45) is 5.41 Å². The molecule has 0 aliphatic heterocycles. The van der Waals surface area contributed by atoms with Gasteiger partial charge in [-0.2, -0.15) is 0 Å². The Morgan fingerprint density at radius 1 is 1.47 bits per heavy atom. The summed E-state index contributed by atoms with van der Waals surface area (Å²) in [7, 11) is 5.77. The molecule has 0 heterocycles. The lowest BCUT2D eigenvalue weighted by Gasteiger charge is -2.35. The second-order valence-corrected chi connectivity index (χ2v) is 4.98. The van der Waals surface area contributed by atoms with Crippen LogP contribution in [0.25, 0.3) is 0 Å². The average Bonchev–Trinajstić information content (AvgIpc) is 2.31. The third-order valence-corrected chi connectivity index (χ3v) is 3.05. The van der Waals surface area contributed by atoms with Gasteiger partial charge in [0.1, 0.15) is 6.23 Å². The molecule has 0 saturated carbocycles. The van der Waals surface area contributed by atoms with Gasteiger partial charge in [-0.25, -0.2) is 0 Å². The minimum Gasteiger partial charge on any atom is -0.393 e. The molecule has 0 saturated heterocycles. The number of methoxy groups -OCH3 is 1.